The molecule has 3 amide bonds. The largest absolute Gasteiger partial charge is 0.497 e. The van der Waals surface area contributed by atoms with Gasteiger partial charge in [-0.3, -0.25) is 19.7 Å². The molecular formula is C35H31N5O4S3. The highest BCUT2D eigenvalue weighted by atomic mass is 32.2. The van der Waals surface area contributed by atoms with Gasteiger partial charge in [0.15, 0.2) is 0 Å². The first-order chi connectivity index (χ1) is 22.9. The van der Waals surface area contributed by atoms with Crippen molar-refractivity contribution in [1.29, 1.82) is 0 Å². The van der Waals surface area contributed by atoms with E-state index in [0.29, 0.717) is 32.9 Å². The van der Waals surface area contributed by atoms with Crippen molar-refractivity contribution in [2.24, 2.45) is 0 Å². The Hall–Kier alpha value is -4.91. The van der Waals surface area contributed by atoms with E-state index in [0.717, 1.165) is 27.7 Å². The van der Waals surface area contributed by atoms with Crippen LogP contribution >= 0.6 is 35.1 Å². The molecule has 0 radical (unpaired) electrons. The summed E-state index contributed by atoms with van der Waals surface area (Å²) in [7, 11) is 1.57. The van der Waals surface area contributed by atoms with Gasteiger partial charge in [0, 0.05) is 27.7 Å². The minimum absolute atomic E-state index is 0.0567. The van der Waals surface area contributed by atoms with E-state index in [1.54, 1.807) is 79.9 Å². The van der Waals surface area contributed by atoms with E-state index in [1.807, 2.05) is 49.4 Å². The fraction of sp³-hybridized carbons (Fsp3) is 0.114. The molecule has 0 fully saturated rings. The van der Waals surface area contributed by atoms with Gasteiger partial charge in [0.25, 0.3) is 11.8 Å². The average molecular weight is 682 g/mol. The van der Waals surface area contributed by atoms with Gasteiger partial charge in [-0.1, -0.05) is 85.4 Å². The highest BCUT2D eigenvalue weighted by molar-refractivity contribution is 8.00. The lowest BCUT2D eigenvalue weighted by Gasteiger charge is -2.17. The first-order valence-corrected chi connectivity index (χ1v) is 17.2. The number of nitrogens with zero attached hydrogens (tertiary/aromatic N) is 2. The topological polar surface area (TPSA) is 122 Å². The molecule has 238 valence electrons. The van der Waals surface area contributed by atoms with Gasteiger partial charge < -0.3 is 15.4 Å². The van der Waals surface area contributed by atoms with Crippen LogP contribution in [0.3, 0.4) is 0 Å². The summed E-state index contributed by atoms with van der Waals surface area (Å²) in [5.74, 6) is 0.325. The van der Waals surface area contributed by atoms with Crippen LogP contribution in [0.25, 0.3) is 6.08 Å². The van der Waals surface area contributed by atoms with Crippen molar-refractivity contribution in [3.05, 3.63) is 132 Å². The van der Waals surface area contributed by atoms with Gasteiger partial charge in [-0.2, -0.15) is 9.36 Å². The quantitative estimate of drug-likeness (QED) is 0.0861. The third-order valence-corrected chi connectivity index (χ3v) is 9.28. The van der Waals surface area contributed by atoms with Crippen LogP contribution in [0.4, 0.5) is 10.8 Å². The first-order valence-electron chi connectivity index (χ1n) is 14.5. The summed E-state index contributed by atoms with van der Waals surface area (Å²) in [5, 5.41) is 9.02. The molecule has 1 unspecified atom stereocenters. The molecule has 47 heavy (non-hydrogen) atoms. The number of hydrogen-bond acceptors (Lipinski definition) is 9. The van der Waals surface area contributed by atoms with E-state index in [-0.39, 0.29) is 11.6 Å². The maximum Gasteiger partial charge on any atom is 0.272 e. The van der Waals surface area contributed by atoms with Gasteiger partial charge in [-0.15, -0.1) is 11.8 Å². The van der Waals surface area contributed by atoms with Crippen molar-refractivity contribution in [3.8, 4) is 5.75 Å². The Morgan fingerprint density at radius 3 is 2.32 bits per heavy atom. The third kappa shape index (κ3) is 9.55. The standard InChI is InChI=1S/C35H31N5O4S3/c1-3-45-35-39-34(47-40-35)38-33(43)30(24-11-6-4-7-12-24)46-28-16-10-15-26(22-28)36-32(42)29(21-23-17-19-27(44-2)20-18-23)37-31(41)25-13-8-5-9-14-25/h4-22,30H,3H2,1-2H3,(H,36,42)(H,37,41)(H,38,39,40,43)/b29-21+. The molecular weight excluding hydrogens is 651 g/mol. The minimum Gasteiger partial charge on any atom is -0.497 e. The number of aromatic nitrogens is 2. The second-order valence-electron chi connectivity index (χ2n) is 9.85. The van der Waals surface area contributed by atoms with Crippen LogP contribution in [0, 0.1) is 0 Å². The zero-order valence-electron chi connectivity index (χ0n) is 25.5. The number of anilines is 2. The van der Waals surface area contributed by atoms with E-state index in [4.69, 9.17) is 4.74 Å². The van der Waals surface area contributed by atoms with Crippen LogP contribution in [0.2, 0.25) is 0 Å². The number of carbonyl (C=O) groups excluding carboxylic acids is 3. The molecule has 5 rings (SSSR count). The summed E-state index contributed by atoms with van der Waals surface area (Å²) < 4.78 is 9.53. The normalized spacial score (nSPS) is 11.7. The number of thioether (sulfide) groups is 2. The van der Waals surface area contributed by atoms with E-state index in [1.165, 1.54) is 23.5 Å². The van der Waals surface area contributed by atoms with Crippen LogP contribution in [0.15, 0.2) is 125 Å². The second-order valence-corrected chi connectivity index (χ2v) is 13.0. The van der Waals surface area contributed by atoms with Crippen molar-refractivity contribution in [2.45, 2.75) is 22.2 Å². The summed E-state index contributed by atoms with van der Waals surface area (Å²) in [6.07, 6.45) is 1.60. The lowest BCUT2D eigenvalue weighted by Crippen LogP contribution is -2.30. The molecule has 0 spiro atoms. The molecule has 1 heterocycles. The van der Waals surface area contributed by atoms with E-state index < -0.39 is 17.1 Å². The number of rotatable bonds is 13. The van der Waals surface area contributed by atoms with Gasteiger partial charge in [-0.05, 0) is 65.4 Å². The number of nitrogens with one attached hydrogen (secondary N) is 3. The predicted octanol–water partition coefficient (Wildman–Crippen LogP) is 7.54. The predicted molar refractivity (Wildman–Crippen MR) is 190 cm³/mol. The Morgan fingerprint density at radius 1 is 0.894 bits per heavy atom. The number of ether oxygens (including phenoxy) is 1. The fourth-order valence-corrected chi connectivity index (χ4v) is 6.67. The SMILES string of the molecule is CCSc1nsc(NC(=O)C(Sc2cccc(NC(=O)/C(=C\c3ccc(OC)cc3)NC(=O)c3ccccc3)c2)c2ccccc2)n1. The Kier molecular flexibility index (Phi) is 11.8. The van der Waals surface area contributed by atoms with Gasteiger partial charge in [0.2, 0.25) is 16.2 Å². The summed E-state index contributed by atoms with van der Waals surface area (Å²) in [6.45, 7) is 2.02. The molecule has 4 aromatic carbocycles. The van der Waals surface area contributed by atoms with Crippen molar-refractivity contribution in [1.82, 2.24) is 14.7 Å². The van der Waals surface area contributed by atoms with E-state index in [9.17, 15) is 14.4 Å². The lowest BCUT2D eigenvalue weighted by atomic mass is 10.1. The summed E-state index contributed by atoms with van der Waals surface area (Å²) in [5.41, 5.74) is 2.47. The number of carbonyl (C=O) groups is 3. The fourth-order valence-electron chi connectivity index (χ4n) is 4.31. The van der Waals surface area contributed by atoms with Crippen LogP contribution < -0.4 is 20.7 Å². The zero-order valence-corrected chi connectivity index (χ0v) is 28.0. The number of benzene rings is 4. The zero-order chi connectivity index (χ0) is 33.0. The molecule has 1 aromatic heterocycles. The van der Waals surface area contributed by atoms with Crippen molar-refractivity contribution in [2.75, 3.05) is 23.5 Å². The van der Waals surface area contributed by atoms with Crippen LogP contribution in [-0.2, 0) is 9.59 Å². The molecule has 0 aliphatic rings. The van der Waals surface area contributed by atoms with Gasteiger partial charge in [0.05, 0.1) is 7.11 Å². The van der Waals surface area contributed by atoms with Gasteiger partial charge in [0.1, 0.15) is 16.7 Å². The maximum absolute atomic E-state index is 13.6. The molecule has 12 heteroatoms. The molecule has 9 nitrogen and oxygen atoms in total. The Balaban J connectivity index is 1.36. The van der Waals surface area contributed by atoms with E-state index >= 15 is 0 Å². The van der Waals surface area contributed by atoms with E-state index in [2.05, 4.69) is 25.3 Å². The van der Waals surface area contributed by atoms with Crippen molar-refractivity contribution in [3.63, 3.8) is 0 Å². The number of methoxy groups -OCH3 is 1. The number of hydrogen-bond donors (Lipinski definition) is 3. The molecule has 0 aliphatic heterocycles. The van der Waals surface area contributed by atoms with Crippen LogP contribution in [0.1, 0.15) is 33.7 Å². The van der Waals surface area contributed by atoms with Crippen molar-refractivity contribution < 1.29 is 19.1 Å². The Bertz CT molecular complexity index is 1850. The number of amides is 3. The highest BCUT2D eigenvalue weighted by Crippen LogP contribution is 2.37. The molecule has 0 bridgehead atoms. The first kappa shape index (κ1) is 33.5. The Labute approximate surface area is 285 Å². The smallest absolute Gasteiger partial charge is 0.272 e. The third-order valence-electron chi connectivity index (χ3n) is 6.55. The van der Waals surface area contributed by atoms with Gasteiger partial charge in [-0.25, -0.2) is 0 Å². The summed E-state index contributed by atoms with van der Waals surface area (Å²) in [6, 6.07) is 32.4. The lowest BCUT2D eigenvalue weighted by molar-refractivity contribution is -0.116. The van der Waals surface area contributed by atoms with Crippen LogP contribution in [0.5, 0.6) is 5.75 Å². The summed E-state index contributed by atoms with van der Waals surface area (Å²) in [4.78, 5) is 45.4. The van der Waals surface area contributed by atoms with Gasteiger partial charge >= 0.3 is 0 Å². The summed E-state index contributed by atoms with van der Waals surface area (Å²) >= 11 is 3.99. The minimum atomic E-state index is -0.607. The molecule has 0 saturated heterocycles. The van der Waals surface area contributed by atoms with Crippen molar-refractivity contribution >= 4 is 69.7 Å². The molecule has 0 aliphatic carbocycles. The molecule has 3 N–H and O–H groups in total. The monoisotopic (exact) mass is 681 g/mol. The molecule has 5 aromatic rings. The molecule has 0 saturated carbocycles. The maximum atomic E-state index is 13.6. The van der Waals surface area contributed by atoms with Crippen LogP contribution in [-0.4, -0.2) is 39.9 Å². The highest BCUT2D eigenvalue weighted by Gasteiger charge is 2.24. The average Bonchev–Trinajstić information content (AvgIpc) is 3.54. The molecule has 1 atom stereocenters. The second kappa shape index (κ2) is 16.6. The Morgan fingerprint density at radius 2 is 1.62 bits per heavy atom.